The fourth-order valence-electron chi connectivity index (χ4n) is 3.70. The summed E-state index contributed by atoms with van der Waals surface area (Å²) in [6.45, 7) is 5.84. The van der Waals surface area contributed by atoms with Gasteiger partial charge in [-0.25, -0.2) is 22.6 Å². The number of nitrogens with one attached hydrogen (secondary N) is 1. The van der Waals surface area contributed by atoms with Crippen LogP contribution in [-0.4, -0.2) is 42.1 Å². The van der Waals surface area contributed by atoms with Crippen molar-refractivity contribution in [2.45, 2.75) is 49.6 Å². The maximum Gasteiger partial charge on any atom is 0.331 e. The average molecular weight is 555 g/mol. The molecular formula is C27H30N4O5S2. The lowest BCUT2D eigenvalue weighted by Crippen LogP contribution is -2.24. The number of aromatic nitrogens is 3. The summed E-state index contributed by atoms with van der Waals surface area (Å²) in [7, 11) is -2.44. The number of thiophene rings is 1. The summed E-state index contributed by atoms with van der Waals surface area (Å²) in [5.41, 5.74) is 1.89. The van der Waals surface area contributed by atoms with Crippen LogP contribution in [0.15, 0.2) is 77.1 Å². The number of hydrogen-bond donors (Lipinski definition) is 1. The Morgan fingerprint density at radius 3 is 2.42 bits per heavy atom. The molecule has 0 fully saturated rings. The number of nitrogens with zero attached hydrogens (tertiary/aromatic N) is 3. The first-order valence-corrected chi connectivity index (χ1v) is 14.3. The SMILES string of the molecule is COC(=O)[C@H](Cc1ccc(OC(C)(C)C)cc1)n1cc(CNS(=O)(=O)c2ccc(-c3ccccc3)s2)nn1. The van der Waals surface area contributed by atoms with Crippen LogP contribution < -0.4 is 9.46 Å². The number of benzene rings is 2. The van der Waals surface area contributed by atoms with E-state index in [-0.39, 0.29) is 16.4 Å². The summed E-state index contributed by atoms with van der Waals surface area (Å²) in [4.78, 5) is 13.4. The van der Waals surface area contributed by atoms with Crippen LogP contribution in [0.3, 0.4) is 0 Å². The van der Waals surface area contributed by atoms with Crippen molar-refractivity contribution < 1.29 is 22.7 Å². The van der Waals surface area contributed by atoms with Gasteiger partial charge in [0.25, 0.3) is 0 Å². The Bertz CT molecular complexity index is 1470. The minimum absolute atomic E-state index is 0.0758. The normalized spacial score (nSPS) is 12.7. The summed E-state index contributed by atoms with van der Waals surface area (Å²) in [6, 6.07) is 19.6. The summed E-state index contributed by atoms with van der Waals surface area (Å²) in [6.07, 6.45) is 1.86. The van der Waals surface area contributed by atoms with E-state index in [0.29, 0.717) is 12.1 Å². The van der Waals surface area contributed by atoms with E-state index in [4.69, 9.17) is 9.47 Å². The van der Waals surface area contributed by atoms with E-state index in [1.54, 1.807) is 18.3 Å². The quantitative estimate of drug-likeness (QED) is 0.285. The van der Waals surface area contributed by atoms with Crippen molar-refractivity contribution in [2.24, 2.45) is 0 Å². The Hall–Kier alpha value is -3.54. The molecule has 0 amide bonds. The maximum atomic E-state index is 12.9. The third-order valence-electron chi connectivity index (χ3n) is 5.47. The van der Waals surface area contributed by atoms with E-state index in [0.717, 1.165) is 21.8 Å². The molecule has 38 heavy (non-hydrogen) atoms. The van der Waals surface area contributed by atoms with Gasteiger partial charge in [0, 0.05) is 11.3 Å². The van der Waals surface area contributed by atoms with Crippen molar-refractivity contribution in [1.82, 2.24) is 19.7 Å². The molecule has 0 spiro atoms. The molecular weight excluding hydrogens is 524 g/mol. The molecule has 1 atom stereocenters. The highest BCUT2D eigenvalue weighted by Gasteiger charge is 2.24. The van der Waals surface area contributed by atoms with Gasteiger partial charge in [-0.2, -0.15) is 0 Å². The molecule has 0 radical (unpaired) electrons. The number of esters is 1. The van der Waals surface area contributed by atoms with Crippen molar-refractivity contribution in [3.05, 3.63) is 84.2 Å². The van der Waals surface area contributed by atoms with Gasteiger partial charge < -0.3 is 9.47 Å². The standard InChI is InChI=1S/C27H30N4O5S2/c1-27(2,3)36-22-12-10-19(11-13-22)16-23(26(32)35-4)31-18-21(29-30-31)17-28-38(33,34)25-15-14-24(37-25)20-8-6-5-7-9-20/h5-15,18,23,28H,16-17H2,1-4H3/t23-/m0/s1. The second-order valence-corrected chi connectivity index (χ2v) is 12.7. The minimum Gasteiger partial charge on any atom is -0.488 e. The van der Waals surface area contributed by atoms with Crippen LogP contribution >= 0.6 is 11.3 Å². The van der Waals surface area contributed by atoms with E-state index >= 15 is 0 Å². The molecule has 2 heterocycles. The Labute approximate surface area is 226 Å². The molecule has 0 unspecified atom stereocenters. The van der Waals surface area contributed by atoms with E-state index in [1.165, 1.54) is 23.1 Å². The van der Waals surface area contributed by atoms with Gasteiger partial charge >= 0.3 is 5.97 Å². The Morgan fingerprint density at radius 2 is 1.76 bits per heavy atom. The van der Waals surface area contributed by atoms with Crippen LogP contribution in [0.5, 0.6) is 5.75 Å². The van der Waals surface area contributed by atoms with Crippen molar-refractivity contribution in [2.75, 3.05) is 7.11 Å². The molecule has 200 valence electrons. The van der Waals surface area contributed by atoms with Crippen LogP contribution in [0.2, 0.25) is 0 Å². The molecule has 0 bridgehead atoms. The Morgan fingerprint density at radius 1 is 1.05 bits per heavy atom. The molecule has 11 heteroatoms. The predicted molar refractivity (Wildman–Crippen MR) is 145 cm³/mol. The third kappa shape index (κ3) is 7.06. The number of hydrogen-bond acceptors (Lipinski definition) is 8. The molecule has 4 aromatic rings. The number of sulfonamides is 1. The third-order valence-corrected chi connectivity index (χ3v) is 8.50. The molecule has 0 saturated carbocycles. The smallest absolute Gasteiger partial charge is 0.331 e. The summed E-state index contributed by atoms with van der Waals surface area (Å²) >= 11 is 1.19. The van der Waals surface area contributed by atoms with Gasteiger partial charge in [0.05, 0.1) is 25.5 Å². The van der Waals surface area contributed by atoms with Crippen molar-refractivity contribution in [3.63, 3.8) is 0 Å². The lowest BCUT2D eigenvalue weighted by atomic mass is 10.1. The highest BCUT2D eigenvalue weighted by molar-refractivity contribution is 7.91. The lowest BCUT2D eigenvalue weighted by Gasteiger charge is -2.21. The number of carbonyl (C=O) groups is 1. The van der Waals surface area contributed by atoms with Gasteiger partial charge in [-0.05, 0) is 56.2 Å². The highest BCUT2D eigenvalue weighted by Crippen LogP contribution is 2.30. The maximum absolute atomic E-state index is 12.9. The van der Waals surface area contributed by atoms with Crippen LogP contribution in [-0.2, 0) is 32.5 Å². The molecule has 0 aliphatic heterocycles. The monoisotopic (exact) mass is 554 g/mol. The first-order chi connectivity index (χ1) is 18.0. The van der Waals surface area contributed by atoms with E-state index < -0.39 is 22.0 Å². The fourth-order valence-corrected chi connectivity index (χ4v) is 6.06. The zero-order valence-electron chi connectivity index (χ0n) is 21.6. The van der Waals surface area contributed by atoms with E-state index in [2.05, 4.69) is 15.0 Å². The fraction of sp³-hybridized carbons (Fsp3) is 0.296. The molecule has 9 nitrogen and oxygen atoms in total. The van der Waals surface area contributed by atoms with Crippen LogP contribution in [0, 0.1) is 0 Å². The molecule has 4 rings (SSSR count). The zero-order valence-corrected chi connectivity index (χ0v) is 23.3. The van der Waals surface area contributed by atoms with Gasteiger partial charge in [-0.3, -0.25) is 0 Å². The minimum atomic E-state index is -3.76. The highest BCUT2D eigenvalue weighted by atomic mass is 32.2. The number of carbonyl (C=O) groups excluding carboxylic acids is 1. The van der Waals surface area contributed by atoms with Gasteiger partial charge in [0.1, 0.15) is 15.6 Å². The topological polar surface area (TPSA) is 112 Å². The predicted octanol–water partition coefficient (Wildman–Crippen LogP) is 4.62. The van der Waals surface area contributed by atoms with Gasteiger partial charge in [0.15, 0.2) is 6.04 Å². The second kappa shape index (κ2) is 11.5. The van der Waals surface area contributed by atoms with E-state index in [9.17, 15) is 13.2 Å². The molecule has 0 aliphatic carbocycles. The number of rotatable bonds is 10. The summed E-state index contributed by atoms with van der Waals surface area (Å²) in [5.74, 6) is 0.247. The Balaban J connectivity index is 1.43. The van der Waals surface area contributed by atoms with Crippen molar-refractivity contribution >= 4 is 27.3 Å². The van der Waals surface area contributed by atoms with Crippen LogP contribution in [0.4, 0.5) is 0 Å². The van der Waals surface area contributed by atoms with Crippen LogP contribution in [0.25, 0.3) is 10.4 Å². The summed E-state index contributed by atoms with van der Waals surface area (Å²) in [5, 5.41) is 8.13. The van der Waals surface area contributed by atoms with E-state index in [1.807, 2.05) is 75.4 Å². The first kappa shape index (κ1) is 27.5. The van der Waals surface area contributed by atoms with Gasteiger partial charge in [-0.1, -0.05) is 47.7 Å². The van der Waals surface area contributed by atoms with Crippen molar-refractivity contribution in [1.29, 1.82) is 0 Å². The zero-order chi connectivity index (χ0) is 27.3. The Kier molecular flexibility index (Phi) is 8.29. The van der Waals surface area contributed by atoms with Gasteiger partial charge in [-0.15, -0.1) is 16.4 Å². The molecule has 1 N–H and O–H groups in total. The van der Waals surface area contributed by atoms with Crippen LogP contribution in [0.1, 0.15) is 38.1 Å². The number of methoxy groups -OCH3 is 1. The first-order valence-electron chi connectivity index (χ1n) is 12.0. The number of ether oxygens (including phenoxy) is 2. The molecule has 2 aromatic carbocycles. The average Bonchev–Trinajstić information content (AvgIpc) is 3.57. The van der Waals surface area contributed by atoms with Crippen molar-refractivity contribution in [3.8, 4) is 16.2 Å². The van der Waals surface area contributed by atoms with Gasteiger partial charge in [0.2, 0.25) is 10.0 Å². The lowest BCUT2D eigenvalue weighted by molar-refractivity contribution is -0.144. The largest absolute Gasteiger partial charge is 0.488 e. The molecule has 2 aromatic heterocycles. The summed E-state index contributed by atoms with van der Waals surface area (Å²) < 4.78 is 40.7. The second-order valence-electron chi connectivity index (χ2n) is 9.60. The molecule has 0 saturated heterocycles. The molecule has 0 aliphatic rings.